The summed E-state index contributed by atoms with van der Waals surface area (Å²) >= 11 is 5.81. The summed E-state index contributed by atoms with van der Waals surface area (Å²) in [6.45, 7) is 1.45. The molecule has 1 saturated heterocycles. The fraction of sp³-hybridized carbons (Fsp3) is 0.571. The molecule has 7 heteroatoms. The van der Waals surface area contributed by atoms with E-state index in [1.165, 1.54) is 4.31 Å². The molecular formula is C14H21ClN2O3S. The molecule has 1 aliphatic rings. The fourth-order valence-corrected chi connectivity index (χ4v) is 3.76. The standard InChI is InChI=1S/C14H21ClN2O3S/c15-14-3-1-12(2-4-14)5-8-16-21(19,20)17-9-6-13(11-18)7-10-17/h1-4,13,16,18H,5-11H2. The average Bonchev–Trinajstić information content (AvgIpc) is 2.49. The van der Waals surface area contributed by atoms with Crippen molar-refractivity contribution in [1.82, 2.24) is 9.03 Å². The van der Waals surface area contributed by atoms with Crippen LogP contribution in [-0.2, 0) is 16.6 Å². The Morgan fingerprint density at radius 3 is 2.43 bits per heavy atom. The molecule has 1 heterocycles. The lowest BCUT2D eigenvalue weighted by Crippen LogP contribution is -2.45. The molecule has 1 aromatic rings. The minimum Gasteiger partial charge on any atom is -0.396 e. The van der Waals surface area contributed by atoms with Gasteiger partial charge < -0.3 is 5.11 Å². The molecule has 5 nitrogen and oxygen atoms in total. The van der Waals surface area contributed by atoms with Gasteiger partial charge in [-0.3, -0.25) is 0 Å². The van der Waals surface area contributed by atoms with Crippen LogP contribution in [0.4, 0.5) is 0 Å². The van der Waals surface area contributed by atoms with Crippen LogP contribution in [0, 0.1) is 5.92 Å². The maximum atomic E-state index is 12.2. The van der Waals surface area contributed by atoms with E-state index in [2.05, 4.69) is 4.72 Å². The number of nitrogens with zero attached hydrogens (tertiary/aromatic N) is 1. The largest absolute Gasteiger partial charge is 0.396 e. The predicted molar refractivity (Wildman–Crippen MR) is 83.5 cm³/mol. The molecule has 0 unspecified atom stereocenters. The zero-order valence-corrected chi connectivity index (χ0v) is 13.4. The molecular weight excluding hydrogens is 312 g/mol. The zero-order chi connectivity index (χ0) is 15.3. The van der Waals surface area contributed by atoms with Gasteiger partial charge in [0.15, 0.2) is 0 Å². The van der Waals surface area contributed by atoms with Crippen LogP contribution >= 0.6 is 11.6 Å². The van der Waals surface area contributed by atoms with Crippen molar-refractivity contribution in [3.63, 3.8) is 0 Å². The lowest BCUT2D eigenvalue weighted by molar-refractivity contribution is 0.169. The van der Waals surface area contributed by atoms with Crippen LogP contribution in [0.2, 0.25) is 5.02 Å². The maximum Gasteiger partial charge on any atom is 0.279 e. The highest BCUT2D eigenvalue weighted by Crippen LogP contribution is 2.18. The van der Waals surface area contributed by atoms with Crippen molar-refractivity contribution in [3.8, 4) is 0 Å². The Bertz CT molecular complexity index is 540. The number of piperidine rings is 1. The van der Waals surface area contributed by atoms with Gasteiger partial charge in [-0.25, -0.2) is 4.72 Å². The Morgan fingerprint density at radius 2 is 1.86 bits per heavy atom. The molecule has 0 amide bonds. The topological polar surface area (TPSA) is 69.6 Å². The molecule has 0 saturated carbocycles. The van der Waals surface area contributed by atoms with Gasteiger partial charge in [0.25, 0.3) is 10.2 Å². The number of benzene rings is 1. The number of halogens is 1. The van der Waals surface area contributed by atoms with Crippen molar-refractivity contribution in [2.75, 3.05) is 26.2 Å². The van der Waals surface area contributed by atoms with Gasteiger partial charge in [-0.05, 0) is 42.9 Å². The summed E-state index contributed by atoms with van der Waals surface area (Å²) in [7, 11) is -3.42. The highest BCUT2D eigenvalue weighted by Gasteiger charge is 2.27. The molecule has 118 valence electrons. The summed E-state index contributed by atoms with van der Waals surface area (Å²) in [5.74, 6) is 0.227. The van der Waals surface area contributed by atoms with E-state index < -0.39 is 10.2 Å². The maximum absolute atomic E-state index is 12.2. The number of aliphatic hydroxyl groups excluding tert-OH is 1. The minimum atomic E-state index is -3.42. The molecule has 0 spiro atoms. The van der Waals surface area contributed by atoms with Crippen LogP contribution in [0.1, 0.15) is 18.4 Å². The van der Waals surface area contributed by atoms with E-state index in [1.807, 2.05) is 12.1 Å². The Hall–Kier alpha value is -0.660. The van der Waals surface area contributed by atoms with Crippen LogP contribution < -0.4 is 4.72 Å². The van der Waals surface area contributed by atoms with Crippen molar-refractivity contribution in [2.24, 2.45) is 5.92 Å². The van der Waals surface area contributed by atoms with E-state index in [4.69, 9.17) is 16.7 Å². The summed E-state index contributed by atoms with van der Waals surface area (Å²) < 4.78 is 28.4. The number of nitrogens with one attached hydrogen (secondary N) is 1. The molecule has 2 N–H and O–H groups in total. The Morgan fingerprint density at radius 1 is 1.24 bits per heavy atom. The molecule has 0 aliphatic carbocycles. The molecule has 21 heavy (non-hydrogen) atoms. The molecule has 1 aliphatic heterocycles. The third kappa shape index (κ3) is 4.93. The third-order valence-corrected chi connectivity index (χ3v) is 5.65. The van der Waals surface area contributed by atoms with Crippen LogP contribution in [-0.4, -0.2) is 44.1 Å². The summed E-state index contributed by atoms with van der Waals surface area (Å²) in [6.07, 6.45) is 2.06. The molecule has 2 rings (SSSR count). The van der Waals surface area contributed by atoms with E-state index in [9.17, 15) is 8.42 Å². The van der Waals surface area contributed by atoms with Gasteiger partial charge in [-0.2, -0.15) is 12.7 Å². The molecule has 0 radical (unpaired) electrons. The van der Waals surface area contributed by atoms with Gasteiger partial charge in [-0.15, -0.1) is 0 Å². The van der Waals surface area contributed by atoms with Crippen LogP contribution in [0.15, 0.2) is 24.3 Å². The lowest BCUT2D eigenvalue weighted by atomic mass is 10.00. The van der Waals surface area contributed by atoms with Crippen molar-refractivity contribution >= 4 is 21.8 Å². The monoisotopic (exact) mass is 332 g/mol. The first-order valence-corrected chi connectivity index (χ1v) is 8.93. The summed E-state index contributed by atoms with van der Waals surface area (Å²) in [5, 5.41) is 9.75. The zero-order valence-electron chi connectivity index (χ0n) is 11.8. The number of rotatable bonds is 6. The van der Waals surface area contributed by atoms with E-state index in [0.29, 0.717) is 43.9 Å². The van der Waals surface area contributed by atoms with Crippen molar-refractivity contribution in [1.29, 1.82) is 0 Å². The van der Waals surface area contributed by atoms with Crippen molar-refractivity contribution in [3.05, 3.63) is 34.9 Å². The molecule has 0 bridgehead atoms. The fourth-order valence-electron chi connectivity index (χ4n) is 2.40. The molecule has 0 aromatic heterocycles. The smallest absolute Gasteiger partial charge is 0.279 e. The third-order valence-electron chi connectivity index (χ3n) is 3.78. The summed E-state index contributed by atoms with van der Waals surface area (Å²) in [4.78, 5) is 0. The van der Waals surface area contributed by atoms with Crippen molar-refractivity contribution < 1.29 is 13.5 Å². The Labute approximate surface area is 131 Å². The Balaban J connectivity index is 1.80. The van der Waals surface area contributed by atoms with Crippen LogP contribution in [0.5, 0.6) is 0 Å². The first-order valence-electron chi connectivity index (χ1n) is 7.11. The normalized spacial score (nSPS) is 18.0. The van der Waals surface area contributed by atoms with Gasteiger partial charge >= 0.3 is 0 Å². The Kier molecular flexibility index (Phi) is 6.01. The number of aliphatic hydroxyl groups is 1. The van der Waals surface area contributed by atoms with E-state index >= 15 is 0 Å². The molecule has 1 fully saturated rings. The highest BCUT2D eigenvalue weighted by molar-refractivity contribution is 7.87. The summed E-state index contributed by atoms with van der Waals surface area (Å²) in [6, 6.07) is 7.38. The number of hydrogen-bond acceptors (Lipinski definition) is 3. The van der Waals surface area contributed by atoms with Gasteiger partial charge in [0.1, 0.15) is 0 Å². The number of hydrogen-bond donors (Lipinski definition) is 2. The molecule has 1 aromatic carbocycles. The first-order chi connectivity index (χ1) is 10.0. The second-order valence-corrected chi connectivity index (χ2v) is 7.49. The summed E-state index contributed by atoms with van der Waals surface area (Å²) in [5.41, 5.74) is 1.04. The highest BCUT2D eigenvalue weighted by atomic mass is 35.5. The molecule has 0 atom stereocenters. The van der Waals surface area contributed by atoms with Gasteiger partial charge in [0.2, 0.25) is 0 Å². The quantitative estimate of drug-likeness (QED) is 0.827. The van der Waals surface area contributed by atoms with Crippen LogP contribution in [0.25, 0.3) is 0 Å². The van der Waals surface area contributed by atoms with Gasteiger partial charge in [-0.1, -0.05) is 23.7 Å². The first kappa shape index (κ1) is 16.7. The lowest BCUT2D eigenvalue weighted by Gasteiger charge is -2.30. The van der Waals surface area contributed by atoms with E-state index in [0.717, 1.165) is 5.56 Å². The average molecular weight is 333 g/mol. The van der Waals surface area contributed by atoms with Gasteiger partial charge in [0.05, 0.1) is 0 Å². The van der Waals surface area contributed by atoms with Crippen molar-refractivity contribution in [2.45, 2.75) is 19.3 Å². The second kappa shape index (κ2) is 7.56. The van der Waals surface area contributed by atoms with E-state index in [-0.39, 0.29) is 12.5 Å². The van der Waals surface area contributed by atoms with E-state index in [1.54, 1.807) is 12.1 Å². The SMILES string of the molecule is O=S(=O)(NCCc1ccc(Cl)cc1)N1CCC(CO)CC1. The predicted octanol–water partition coefficient (Wildman–Crippen LogP) is 1.42. The van der Waals surface area contributed by atoms with Gasteiger partial charge in [0, 0.05) is 31.3 Å². The minimum absolute atomic E-state index is 0.137. The van der Waals surface area contributed by atoms with Crippen LogP contribution in [0.3, 0.4) is 0 Å². The second-order valence-electron chi connectivity index (χ2n) is 5.30.